The standard InChI is InChI=1S/C11H15NO2/c1-14-8-3-4-9-7(6-8)2-5-10(12)11(9)13/h3-4,6,10-11,13H,2,5,12H2,1H3/t10-,11+/m0/s1. The second-order valence-electron chi connectivity index (χ2n) is 3.71. The second-order valence-corrected chi connectivity index (χ2v) is 3.71. The van der Waals surface area contributed by atoms with Gasteiger partial charge in [-0.15, -0.1) is 0 Å². The van der Waals surface area contributed by atoms with Crippen LogP contribution in [0.3, 0.4) is 0 Å². The van der Waals surface area contributed by atoms with Crippen LogP contribution in [0.5, 0.6) is 5.75 Å². The summed E-state index contributed by atoms with van der Waals surface area (Å²) < 4.78 is 5.13. The number of hydrogen-bond donors (Lipinski definition) is 2. The Morgan fingerprint density at radius 3 is 3.00 bits per heavy atom. The van der Waals surface area contributed by atoms with E-state index in [4.69, 9.17) is 10.5 Å². The van der Waals surface area contributed by atoms with E-state index >= 15 is 0 Å². The van der Waals surface area contributed by atoms with E-state index in [9.17, 15) is 5.11 Å². The number of nitrogens with two attached hydrogens (primary N) is 1. The fourth-order valence-electron chi connectivity index (χ4n) is 1.92. The highest BCUT2D eigenvalue weighted by atomic mass is 16.5. The third-order valence-corrected chi connectivity index (χ3v) is 2.82. The van der Waals surface area contributed by atoms with Crippen LogP contribution < -0.4 is 10.5 Å². The van der Waals surface area contributed by atoms with E-state index in [1.165, 1.54) is 0 Å². The SMILES string of the molecule is COc1ccc2c(c1)CC[C@H](N)[C@@H]2O. The number of hydrogen-bond acceptors (Lipinski definition) is 3. The molecule has 2 rings (SSSR count). The highest BCUT2D eigenvalue weighted by Crippen LogP contribution is 2.31. The summed E-state index contributed by atoms with van der Waals surface area (Å²) >= 11 is 0. The topological polar surface area (TPSA) is 55.5 Å². The summed E-state index contributed by atoms with van der Waals surface area (Å²) in [4.78, 5) is 0. The molecule has 2 atom stereocenters. The Kier molecular flexibility index (Phi) is 2.44. The minimum absolute atomic E-state index is 0.129. The zero-order valence-electron chi connectivity index (χ0n) is 8.23. The molecule has 0 aromatic heterocycles. The first-order chi connectivity index (χ1) is 6.72. The van der Waals surface area contributed by atoms with E-state index in [-0.39, 0.29) is 6.04 Å². The Morgan fingerprint density at radius 2 is 2.29 bits per heavy atom. The molecule has 0 amide bonds. The fourth-order valence-corrected chi connectivity index (χ4v) is 1.92. The number of ether oxygens (including phenoxy) is 1. The molecule has 1 aliphatic carbocycles. The maximum absolute atomic E-state index is 9.83. The summed E-state index contributed by atoms with van der Waals surface area (Å²) in [7, 11) is 1.65. The number of benzene rings is 1. The van der Waals surface area contributed by atoms with Crippen molar-refractivity contribution >= 4 is 0 Å². The van der Waals surface area contributed by atoms with Crippen LogP contribution in [0.15, 0.2) is 18.2 Å². The molecule has 0 saturated carbocycles. The predicted molar refractivity (Wildman–Crippen MR) is 54.3 cm³/mol. The Labute approximate surface area is 83.5 Å². The molecule has 0 unspecified atom stereocenters. The summed E-state index contributed by atoms with van der Waals surface area (Å²) in [5, 5.41) is 9.83. The van der Waals surface area contributed by atoms with E-state index in [1.807, 2.05) is 18.2 Å². The number of aliphatic hydroxyl groups excluding tert-OH is 1. The van der Waals surface area contributed by atoms with Gasteiger partial charge in [-0.05, 0) is 36.1 Å². The van der Waals surface area contributed by atoms with Gasteiger partial charge < -0.3 is 15.6 Å². The van der Waals surface area contributed by atoms with Gasteiger partial charge in [-0.1, -0.05) is 6.07 Å². The van der Waals surface area contributed by atoms with Crippen molar-refractivity contribution in [2.75, 3.05) is 7.11 Å². The molecule has 0 heterocycles. The van der Waals surface area contributed by atoms with Crippen LogP contribution >= 0.6 is 0 Å². The van der Waals surface area contributed by atoms with Gasteiger partial charge in [0.2, 0.25) is 0 Å². The lowest BCUT2D eigenvalue weighted by Crippen LogP contribution is -2.32. The average molecular weight is 193 g/mol. The van der Waals surface area contributed by atoms with E-state index < -0.39 is 6.10 Å². The largest absolute Gasteiger partial charge is 0.497 e. The Hall–Kier alpha value is -1.06. The van der Waals surface area contributed by atoms with Crippen molar-refractivity contribution in [2.24, 2.45) is 5.73 Å². The van der Waals surface area contributed by atoms with Gasteiger partial charge in [0.25, 0.3) is 0 Å². The second kappa shape index (κ2) is 3.59. The molecular formula is C11H15NO2. The van der Waals surface area contributed by atoms with E-state index in [1.54, 1.807) is 7.11 Å². The molecule has 0 radical (unpaired) electrons. The summed E-state index contributed by atoms with van der Waals surface area (Å²) in [6.45, 7) is 0. The summed E-state index contributed by atoms with van der Waals surface area (Å²) in [5.41, 5.74) is 7.88. The van der Waals surface area contributed by atoms with E-state index in [2.05, 4.69) is 0 Å². The molecule has 3 nitrogen and oxygen atoms in total. The van der Waals surface area contributed by atoms with Crippen molar-refractivity contribution in [2.45, 2.75) is 25.0 Å². The minimum atomic E-state index is -0.523. The Morgan fingerprint density at radius 1 is 1.50 bits per heavy atom. The lowest BCUT2D eigenvalue weighted by atomic mass is 9.86. The molecule has 0 fully saturated rings. The average Bonchev–Trinajstić information content (AvgIpc) is 2.23. The van der Waals surface area contributed by atoms with Crippen LogP contribution in [0.25, 0.3) is 0 Å². The molecule has 1 aromatic rings. The van der Waals surface area contributed by atoms with Crippen molar-refractivity contribution in [1.82, 2.24) is 0 Å². The lowest BCUT2D eigenvalue weighted by molar-refractivity contribution is 0.133. The van der Waals surface area contributed by atoms with Crippen LogP contribution in [-0.4, -0.2) is 18.3 Å². The van der Waals surface area contributed by atoms with Gasteiger partial charge in [0.15, 0.2) is 0 Å². The summed E-state index contributed by atoms with van der Waals surface area (Å²) in [6.07, 6.45) is 1.23. The molecule has 0 spiro atoms. The van der Waals surface area contributed by atoms with Gasteiger partial charge in [-0.2, -0.15) is 0 Å². The third-order valence-electron chi connectivity index (χ3n) is 2.82. The lowest BCUT2D eigenvalue weighted by Gasteiger charge is -2.27. The Bertz CT molecular complexity index is 338. The summed E-state index contributed by atoms with van der Waals surface area (Å²) in [5.74, 6) is 0.839. The van der Waals surface area contributed by atoms with Crippen molar-refractivity contribution in [3.05, 3.63) is 29.3 Å². The smallest absolute Gasteiger partial charge is 0.119 e. The quantitative estimate of drug-likeness (QED) is 0.699. The number of aliphatic hydroxyl groups is 1. The maximum atomic E-state index is 9.83. The van der Waals surface area contributed by atoms with Crippen LogP contribution in [0.1, 0.15) is 23.7 Å². The highest BCUT2D eigenvalue weighted by Gasteiger charge is 2.24. The Balaban J connectivity index is 2.38. The minimum Gasteiger partial charge on any atom is -0.497 e. The first kappa shape index (κ1) is 9.49. The number of aryl methyl sites for hydroxylation is 1. The van der Waals surface area contributed by atoms with Gasteiger partial charge in [0.1, 0.15) is 5.75 Å². The zero-order valence-corrected chi connectivity index (χ0v) is 8.23. The molecule has 0 aliphatic heterocycles. The van der Waals surface area contributed by atoms with Crippen molar-refractivity contribution in [3.8, 4) is 5.75 Å². The van der Waals surface area contributed by atoms with Crippen LogP contribution in [0.4, 0.5) is 0 Å². The van der Waals surface area contributed by atoms with Gasteiger partial charge in [0.05, 0.1) is 13.2 Å². The van der Waals surface area contributed by atoms with Gasteiger partial charge in [-0.3, -0.25) is 0 Å². The van der Waals surface area contributed by atoms with Crippen LogP contribution in [-0.2, 0) is 6.42 Å². The fraction of sp³-hybridized carbons (Fsp3) is 0.455. The summed E-state index contributed by atoms with van der Waals surface area (Å²) in [6, 6.07) is 5.61. The molecule has 1 aromatic carbocycles. The molecule has 0 bridgehead atoms. The van der Waals surface area contributed by atoms with Crippen LogP contribution in [0, 0.1) is 0 Å². The molecular weight excluding hydrogens is 178 g/mol. The molecule has 3 N–H and O–H groups in total. The molecule has 76 valence electrons. The molecule has 14 heavy (non-hydrogen) atoms. The van der Waals surface area contributed by atoms with Crippen molar-refractivity contribution < 1.29 is 9.84 Å². The van der Waals surface area contributed by atoms with Gasteiger partial charge in [0, 0.05) is 6.04 Å². The van der Waals surface area contributed by atoms with Gasteiger partial charge in [-0.25, -0.2) is 0 Å². The number of methoxy groups -OCH3 is 1. The van der Waals surface area contributed by atoms with Crippen LogP contribution in [0.2, 0.25) is 0 Å². The van der Waals surface area contributed by atoms with Gasteiger partial charge >= 0.3 is 0 Å². The highest BCUT2D eigenvalue weighted by molar-refractivity contribution is 5.39. The molecule has 0 saturated heterocycles. The first-order valence-electron chi connectivity index (χ1n) is 4.83. The number of rotatable bonds is 1. The van der Waals surface area contributed by atoms with Crippen molar-refractivity contribution in [3.63, 3.8) is 0 Å². The van der Waals surface area contributed by atoms with E-state index in [0.717, 1.165) is 29.7 Å². The predicted octanol–water partition coefficient (Wildman–Crippen LogP) is 1.00. The third kappa shape index (κ3) is 1.49. The van der Waals surface area contributed by atoms with Crippen molar-refractivity contribution in [1.29, 1.82) is 0 Å². The monoisotopic (exact) mass is 193 g/mol. The first-order valence-corrected chi connectivity index (χ1v) is 4.83. The molecule has 1 aliphatic rings. The normalized spacial score (nSPS) is 25.6. The maximum Gasteiger partial charge on any atom is 0.119 e. The zero-order chi connectivity index (χ0) is 10.1. The molecule has 3 heteroatoms. The number of fused-ring (bicyclic) bond motifs is 1. The van der Waals surface area contributed by atoms with E-state index in [0.29, 0.717) is 0 Å².